The largest absolute Gasteiger partial charge is 0.382 e. The molecule has 3 aromatic rings. The molecule has 0 bridgehead atoms. The smallest absolute Gasteiger partial charge is 0.242 e. The fourth-order valence-electron chi connectivity index (χ4n) is 2.28. The molecule has 0 aliphatic rings. The van der Waals surface area contributed by atoms with E-state index in [2.05, 4.69) is 30.6 Å². The Labute approximate surface area is 127 Å². The lowest BCUT2D eigenvalue weighted by molar-refractivity contribution is 0.913. The van der Waals surface area contributed by atoms with Gasteiger partial charge in [-0.25, -0.2) is 4.52 Å². The third kappa shape index (κ3) is 2.24. The predicted molar refractivity (Wildman–Crippen MR) is 85.4 cm³/mol. The van der Waals surface area contributed by atoms with Crippen LogP contribution in [0.1, 0.15) is 5.69 Å². The zero-order valence-corrected chi connectivity index (χ0v) is 12.6. The Morgan fingerprint density at radius 3 is 2.73 bits per heavy atom. The van der Waals surface area contributed by atoms with E-state index in [9.17, 15) is 0 Å². The number of fused-ring (bicyclic) bond motifs is 1. The highest BCUT2D eigenvalue weighted by molar-refractivity contribution is 5.86. The molecule has 3 aromatic heterocycles. The molecule has 22 heavy (non-hydrogen) atoms. The summed E-state index contributed by atoms with van der Waals surface area (Å²) in [4.78, 5) is 8.80. The zero-order valence-electron chi connectivity index (χ0n) is 12.6. The van der Waals surface area contributed by atoms with Crippen molar-refractivity contribution in [1.82, 2.24) is 19.6 Å². The highest BCUT2D eigenvalue weighted by Crippen LogP contribution is 2.29. The number of nitrogen functional groups attached to an aromatic ring is 1. The van der Waals surface area contributed by atoms with Gasteiger partial charge in [-0.15, -0.1) is 5.10 Å². The second-order valence-corrected chi connectivity index (χ2v) is 4.69. The van der Waals surface area contributed by atoms with Gasteiger partial charge in [0.1, 0.15) is 11.2 Å². The molecule has 112 valence electrons. The summed E-state index contributed by atoms with van der Waals surface area (Å²) in [5.41, 5.74) is 10.0. The van der Waals surface area contributed by atoms with Crippen LogP contribution in [0, 0.1) is 6.92 Å². The van der Waals surface area contributed by atoms with Gasteiger partial charge < -0.3 is 11.1 Å². The number of rotatable bonds is 3. The minimum Gasteiger partial charge on any atom is -0.382 e. The molecule has 0 saturated carbocycles. The molecule has 8 heteroatoms. The van der Waals surface area contributed by atoms with E-state index < -0.39 is 0 Å². The highest BCUT2D eigenvalue weighted by atomic mass is 15.3. The van der Waals surface area contributed by atoms with E-state index in [1.807, 2.05) is 31.3 Å². The molecule has 3 rings (SSSR count). The van der Waals surface area contributed by atoms with Crippen LogP contribution in [0.15, 0.2) is 34.6 Å². The molecule has 0 radical (unpaired) electrons. The van der Waals surface area contributed by atoms with Crippen molar-refractivity contribution in [2.45, 2.75) is 6.92 Å². The first-order valence-electron chi connectivity index (χ1n) is 6.74. The molecule has 3 N–H and O–H groups in total. The molecule has 0 aliphatic heterocycles. The van der Waals surface area contributed by atoms with E-state index in [4.69, 9.17) is 5.73 Å². The van der Waals surface area contributed by atoms with E-state index >= 15 is 0 Å². The first-order chi connectivity index (χ1) is 10.6. The van der Waals surface area contributed by atoms with Crippen molar-refractivity contribution in [3.05, 3.63) is 30.1 Å². The van der Waals surface area contributed by atoms with E-state index in [-0.39, 0.29) is 0 Å². The van der Waals surface area contributed by atoms with Crippen LogP contribution in [0.25, 0.3) is 16.8 Å². The molecule has 0 amide bonds. The van der Waals surface area contributed by atoms with E-state index in [0.29, 0.717) is 11.8 Å². The Hall–Kier alpha value is -3.03. The van der Waals surface area contributed by atoms with Gasteiger partial charge in [0.25, 0.3) is 0 Å². The molecule has 3 heterocycles. The SMILES string of the molecule is CN=Nc1ccc(-c2ccn3nc(NC)nc(N)c23)nc1C. The number of aryl methyl sites for hydroxylation is 1. The van der Waals surface area contributed by atoms with Crippen molar-refractivity contribution >= 4 is 23.0 Å². The maximum atomic E-state index is 6.06. The number of nitrogens with one attached hydrogen (secondary N) is 1. The third-order valence-electron chi connectivity index (χ3n) is 3.30. The number of aromatic nitrogens is 4. The lowest BCUT2D eigenvalue weighted by atomic mass is 10.1. The first kappa shape index (κ1) is 13.9. The number of nitrogens with two attached hydrogens (primary N) is 1. The number of anilines is 2. The molecule has 0 fully saturated rings. The summed E-state index contributed by atoms with van der Waals surface area (Å²) in [5.74, 6) is 0.867. The molecule has 0 saturated heterocycles. The van der Waals surface area contributed by atoms with Gasteiger partial charge in [-0.2, -0.15) is 15.2 Å². The molecule has 0 atom stereocenters. The van der Waals surface area contributed by atoms with Gasteiger partial charge in [0, 0.05) is 25.9 Å². The van der Waals surface area contributed by atoms with Crippen LogP contribution in [0.5, 0.6) is 0 Å². The van der Waals surface area contributed by atoms with Crippen molar-refractivity contribution in [2.24, 2.45) is 10.2 Å². The quantitative estimate of drug-likeness (QED) is 0.722. The van der Waals surface area contributed by atoms with E-state index in [0.717, 1.165) is 28.2 Å². The minimum atomic E-state index is 0.399. The Bertz CT molecular complexity index is 865. The van der Waals surface area contributed by atoms with E-state index in [1.165, 1.54) is 0 Å². The summed E-state index contributed by atoms with van der Waals surface area (Å²) in [5, 5.41) is 15.0. The Morgan fingerprint density at radius 1 is 1.23 bits per heavy atom. The van der Waals surface area contributed by atoms with Crippen molar-refractivity contribution < 1.29 is 0 Å². The van der Waals surface area contributed by atoms with Gasteiger partial charge >= 0.3 is 0 Å². The predicted octanol–water partition coefficient (Wildman–Crippen LogP) is 2.44. The number of azo groups is 1. The average Bonchev–Trinajstić information content (AvgIpc) is 2.94. The summed E-state index contributed by atoms with van der Waals surface area (Å²) in [7, 11) is 3.38. The summed E-state index contributed by atoms with van der Waals surface area (Å²) in [6.07, 6.45) is 1.83. The van der Waals surface area contributed by atoms with Crippen LogP contribution < -0.4 is 11.1 Å². The lowest BCUT2D eigenvalue weighted by Gasteiger charge is -2.06. The normalized spacial score (nSPS) is 11.4. The molecule has 0 aliphatic carbocycles. The molecule has 8 nitrogen and oxygen atoms in total. The van der Waals surface area contributed by atoms with Gasteiger partial charge in [0.05, 0.1) is 11.4 Å². The van der Waals surface area contributed by atoms with Crippen molar-refractivity contribution in [2.75, 3.05) is 25.1 Å². The van der Waals surface area contributed by atoms with Crippen LogP contribution in [0.4, 0.5) is 17.5 Å². The summed E-state index contributed by atoms with van der Waals surface area (Å²) in [6.45, 7) is 1.89. The molecule has 0 aromatic carbocycles. The molecular weight excluding hydrogens is 280 g/mol. The van der Waals surface area contributed by atoms with Crippen molar-refractivity contribution in [1.29, 1.82) is 0 Å². The highest BCUT2D eigenvalue weighted by Gasteiger charge is 2.13. The molecule has 0 unspecified atom stereocenters. The summed E-state index contributed by atoms with van der Waals surface area (Å²) in [6, 6.07) is 5.69. The zero-order chi connectivity index (χ0) is 15.7. The van der Waals surface area contributed by atoms with Crippen LogP contribution >= 0.6 is 0 Å². The van der Waals surface area contributed by atoms with Gasteiger partial charge in [-0.05, 0) is 25.1 Å². The third-order valence-corrected chi connectivity index (χ3v) is 3.30. The molecular formula is C14H16N8. The standard InChI is InChI=1S/C14H16N8/c1-8-10(20-17-3)4-5-11(18-8)9-6-7-22-12(9)13(15)19-14(16-2)21-22/h4-7H,1-3H3,(H3,15,16,19,21). The number of hydrogen-bond acceptors (Lipinski definition) is 7. The van der Waals surface area contributed by atoms with E-state index in [1.54, 1.807) is 18.6 Å². The van der Waals surface area contributed by atoms with Crippen LogP contribution in [-0.4, -0.2) is 33.7 Å². The van der Waals surface area contributed by atoms with Crippen LogP contribution in [0.2, 0.25) is 0 Å². The minimum absolute atomic E-state index is 0.399. The average molecular weight is 296 g/mol. The Balaban J connectivity index is 2.16. The number of nitrogens with zero attached hydrogens (tertiary/aromatic N) is 6. The maximum Gasteiger partial charge on any atom is 0.242 e. The number of pyridine rings is 1. The number of hydrogen-bond donors (Lipinski definition) is 2. The Morgan fingerprint density at radius 2 is 2.05 bits per heavy atom. The van der Waals surface area contributed by atoms with Gasteiger partial charge in [0.2, 0.25) is 5.95 Å². The summed E-state index contributed by atoms with van der Waals surface area (Å²) >= 11 is 0. The molecule has 0 spiro atoms. The maximum absolute atomic E-state index is 6.06. The Kier molecular flexibility index (Phi) is 3.42. The topological polar surface area (TPSA) is 106 Å². The van der Waals surface area contributed by atoms with Crippen molar-refractivity contribution in [3.63, 3.8) is 0 Å². The van der Waals surface area contributed by atoms with Gasteiger partial charge in [-0.1, -0.05) is 0 Å². The van der Waals surface area contributed by atoms with Crippen LogP contribution in [-0.2, 0) is 0 Å². The van der Waals surface area contributed by atoms with Crippen molar-refractivity contribution in [3.8, 4) is 11.3 Å². The summed E-state index contributed by atoms with van der Waals surface area (Å²) < 4.78 is 1.69. The van der Waals surface area contributed by atoms with Gasteiger partial charge in [-0.3, -0.25) is 4.98 Å². The second-order valence-electron chi connectivity index (χ2n) is 4.69. The lowest BCUT2D eigenvalue weighted by Crippen LogP contribution is -2.05. The fraction of sp³-hybridized carbons (Fsp3) is 0.214. The van der Waals surface area contributed by atoms with Crippen LogP contribution in [0.3, 0.4) is 0 Å². The first-order valence-corrected chi connectivity index (χ1v) is 6.74. The monoisotopic (exact) mass is 296 g/mol. The van der Waals surface area contributed by atoms with Gasteiger partial charge in [0.15, 0.2) is 5.82 Å². The fourth-order valence-corrected chi connectivity index (χ4v) is 2.28. The second kappa shape index (κ2) is 5.40.